The van der Waals surface area contributed by atoms with Crippen LogP contribution >= 0.6 is 15.9 Å². The number of benzene rings is 2. The lowest BCUT2D eigenvalue weighted by Crippen LogP contribution is -2.21. The second kappa shape index (κ2) is 7.31. The summed E-state index contributed by atoms with van der Waals surface area (Å²) in [7, 11) is 1.61. The molecule has 0 bridgehead atoms. The molecule has 0 saturated carbocycles. The molecule has 0 radical (unpaired) electrons. The van der Waals surface area contributed by atoms with Crippen molar-refractivity contribution in [1.82, 2.24) is 9.78 Å². The van der Waals surface area contributed by atoms with Gasteiger partial charge in [0.2, 0.25) is 0 Å². The molecule has 3 aromatic rings. The van der Waals surface area contributed by atoms with E-state index < -0.39 is 0 Å². The largest absolute Gasteiger partial charge is 0.457 e. The highest BCUT2D eigenvalue weighted by molar-refractivity contribution is 9.10. The number of hydrogen-bond donors (Lipinski definition) is 1. The highest BCUT2D eigenvalue weighted by atomic mass is 79.9. The average Bonchev–Trinajstić information content (AvgIpc) is 2.60. The maximum atomic E-state index is 11.9. The van der Waals surface area contributed by atoms with Crippen LogP contribution in [0.4, 0.5) is 5.69 Å². The Kier molecular flexibility index (Phi) is 4.96. The van der Waals surface area contributed by atoms with E-state index >= 15 is 0 Å². The van der Waals surface area contributed by atoms with Crippen molar-refractivity contribution in [2.45, 2.75) is 6.54 Å². The molecule has 0 aliphatic carbocycles. The summed E-state index contributed by atoms with van der Waals surface area (Å²) in [6.07, 6.45) is 1.62. The quantitative estimate of drug-likeness (QED) is 0.722. The molecule has 5 nitrogen and oxygen atoms in total. The van der Waals surface area contributed by atoms with Crippen molar-refractivity contribution < 1.29 is 4.74 Å². The van der Waals surface area contributed by atoms with Gasteiger partial charge in [0.15, 0.2) is 0 Å². The summed E-state index contributed by atoms with van der Waals surface area (Å²) in [6, 6.07) is 17.4. The maximum absolute atomic E-state index is 11.9. The Bertz CT molecular complexity index is 894. The third kappa shape index (κ3) is 3.83. The number of nitrogens with zero attached hydrogens (tertiary/aromatic N) is 2. The number of anilines is 1. The van der Waals surface area contributed by atoms with Gasteiger partial charge in [-0.3, -0.25) is 4.79 Å². The molecule has 0 fully saturated rings. The lowest BCUT2D eigenvalue weighted by molar-refractivity contribution is 0.482. The van der Waals surface area contributed by atoms with E-state index in [0.29, 0.717) is 16.7 Å². The van der Waals surface area contributed by atoms with E-state index in [1.807, 2.05) is 54.6 Å². The van der Waals surface area contributed by atoms with Gasteiger partial charge < -0.3 is 10.1 Å². The molecule has 0 atom stereocenters. The third-order valence-electron chi connectivity index (χ3n) is 3.44. The molecule has 3 rings (SSSR count). The second-order valence-electron chi connectivity index (χ2n) is 5.22. The van der Waals surface area contributed by atoms with E-state index in [4.69, 9.17) is 4.74 Å². The molecule has 1 N–H and O–H groups in total. The first-order valence-corrected chi connectivity index (χ1v) is 8.20. The van der Waals surface area contributed by atoms with Gasteiger partial charge in [-0.05, 0) is 45.8 Å². The smallest absolute Gasteiger partial charge is 0.282 e. The number of ether oxygens (including phenoxy) is 1. The molecule has 1 heterocycles. The first-order chi connectivity index (χ1) is 11.6. The summed E-state index contributed by atoms with van der Waals surface area (Å²) in [5, 5.41) is 7.22. The Balaban J connectivity index is 1.71. The maximum Gasteiger partial charge on any atom is 0.282 e. The zero-order chi connectivity index (χ0) is 16.9. The van der Waals surface area contributed by atoms with Gasteiger partial charge in [0, 0.05) is 13.6 Å². The molecular weight excluding hydrogens is 370 g/mol. The first kappa shape index (κ1) is 16.3. The average molecular weight is 386 g/mol. The number of aryl methyl sites for hydroxylation is 1. The van der Waals surface area contributed by atoms with Crippen LogP contribution in [0.15, 0.2) is 70.1 Å². The zero-order valence-corrected chi connectivity index (χ0v) is 14.7. The first-order valence-electron chi connectivity index (χ1n) is 7.41. The predicted octanol–water partition coefficient (Wildman–Crippen LogP) is 3.95. The number of aromatic nitrogens is 2. The van der Waals surface area contributed by atoms with Crippen LogP contribution in [0.1, 0.15) is 5.56 Å². The normalized spacial score (nSPS) is 10.4. The van der Waals surface area contributed by atoms with Crippen LogP contribution in [-0.4, -0.2) is 9.78 Å². The SMILES string of the molecule is Cn1ncc(NCc2cccc(Oc3ccccc3)c2)c(Br)c1=O. The molecule has 6 heteroatoms. The van der Waals surface area contributed by atoms with Crippen molar-refractivity contribution in [2.75, 3.05) is 5.32 Å². The molecule has 0 amide bonds. The number of nitrogens with one attached hydrogen (secondary N) is 1. The molecule has 24 heavy (non-hydrogen) atoms. The highest BCUT2D eigenvalue weighted by Crippen LogP contribution is 2.23. The summed E-state index contributed by atoms with van der Waals surface area (Å²) in [5.41, 5.74) is 1.52. The molecule has 2 aromatic carbocycles. The van der Waals surface area contributed by atoms with E-state index in [1.165, 1.54) is 4.68 Å². The Labute approximate surface area is 148 Å². The van der Waals surface area contributed by atoms with Gasteiger partial charge in [0.1, 0.15) is 16.0 Å². The fourth-order valence-corrected chi connectivity index (χ4v) is 2.67. The molecule has 0 saturated heterocycles. The minimum absolute atomic E-state index is 0.179. The Morgan fingerprint density at radius 1 is 1.12 bits per heavy atom. The second-order valence-corrected chi connectivity index (χ2v) is 6.01. The third-order valence-corrected chi connectivity index (χ3v) is 4.20. The van der Waals surface area contributed by atoms with Crippen LogP contribution in [0.3, 0.4) is 0 Å². The van der Waals surface area contributed by atoms with Gasteiger partial charge in [-0.2, -0.15) is 5.10 Å². The van der Waals surface area contributed by atoms with E-state index in [0.717, 1.165) is 17.1 Å². The van der Waals surface area contributed by atoms with Gasteiger partial charge >= 0.3 is 0 Å². The summed E-state index contributed by atoms with van der Waals surface area (Å²) < 4.78 is 7.58. The van der Waals surface area contributed by atoms with Crippen molar-refractivity contribution >= 4 is 21.6 Å². The van der Waals surface area contributed by atoms with E-state index in [-0.39, 0.29) is 5.56 Å². The van der Waals surface area contributed by atoms with Crippen molar-refractivity contribution in [3.05, 3.63) is 81.2 Å². The fourth-order valence-electron chi connectivity index (χ4n) is 2.17. The van der Waals surface area contributed by atoms with Crippen LogP contribution in [-0.2, 0) is 13.6 Å². The predicted molar refractivity (Wildman–Crippen MR) is 97.5 cm³/mol. The molecule has 0 aliphatic heterocycles. The van der Waals surface area contributed by atoms with Crippen molar-refractivity contribution in [2.24, 2.45) is 7.05 Å². The van der Waals surface area contributed by atoms with Crippen molar-refractivity contribution in [3.8, 4) is 11.5 Å². The Morgan fingerprint density at radius 2 is 1.88 bits per heavy atom. The standard InChI is InChI=1S/C18H16BrN3O2/c1-22-18(23)17(19)16(12-21-22)20-11-13-6-5-9-15(10-13)24-14-7-3-2-4-8-14/h2-10,12,20H,11H2,1H3. The fraction of sp³-hybridized carbons (Fsp3) is 0.111. The summed E-state index contributed by atoms with van der Waals surface area (Å²) >= 11 is 3.30. The van der Waals surface area contributed by atoms with Gasteiger partial charge in [0.05, 0.1) is 11.9 Å². The van der Waals surface area contributed by atoms with Crippen molar-refractivity contribution in [3.63, 3.8) is 0 Å². The van der Waals surface area contributed by atoms with E-state index in [1.54, 1.807) is 13.2 Å². The number of halogens is 1. The molecule has 0 aliphatic rings. The lowest BCUT2D eigenvalue weighted by Gasteiger charge is -2.10. The van der Waals surface area contributed by atoms with Gasteiger partial charge in [0.25, 0.3) is 5.56 Å². The minimum Gasteiger partial charge on any atom is -0.457 e. The molecule has 0 spiro atoms. The van der Waals surface area contributed by atoms with Gasteiger partial charge in [-0.1, -0.05) is 30.3 Å². The van der Waals surface area contributed by atoms with Crippen LogP contribution in [0.25, 0.3) is 0 Å². The van der Waals surface area contributed by atoms with Gasteiger partial charge in [-0.25, -0.2) is 4.68 Å². The summed E-state index contributed by atoms with van der Waals surface area (Å²) in [6.45, 7) is 0.555. The highest BCUT2D eigenvalue weighted by Gasteiger charge is 2.06. The topological polar surface area (TPSA) is 56.1 Å². The van der Waals surface area contributed by atoms with Gasteiger partial charge in [-0.15, -0.1) is 0 Å². The van der Waals surface area contributed by atoms with E-state index in [2.05, 4.69) is 26.3 Å². The zero-order valence-electron chi connectivity index (χ0n) is 13.1. The lowest BCUT2D eigenvalue weighted by atomic mass is 10.2. The molecule has 122 valence electrons. The molecule has 1 aromatic heterocycles. The summed E-state index contributed by atoms with van der Waals surface area (Å²) in [4.78, 5) is 11.9. The van der Waals surface area contributed by atoms with Crippen LogP contribution in [0, 0.1) is 0 Å². The van der Waals surface area contributed by atoms with Crippen LogP contribution < -0.4 is 15.6 Å². The van der Waals surface area contributed by atoms with E-state index in [9.17, 15) is 4.79 Å². The van der Waals surface area contributed by atoms with Crippen LogP contribution in [0.2, 0.25) is 0 Å². The minimum atomic E-state index is -0.179. The Hall–Kier alpha value is -2.60. The van der Waals surface area contributed by atoms with Crippen LogP contribution in [0.5, 0.6) is 11.5 Å². The summed E-state index contributed by atoms with van der Waals surface area (Å²) in [5.74, 6) is 1.56. The number of rotatable bonds is 5. The number of hydrogen-bond acceptors (Lipinski definition) is 4. The monoisotopic (exact) mass is 385 g/mol. The van der Waals surface area contributed by atoms with Crippen molar-refractivity contribution in [1.29, 1.82) is 0 Å². The molecule has 0 unspecified atom stereocenters. The number of para-hydroxylation sites is 1. The molecular formula is C18H16BrN3O2. The Morgan fingerprint density at radius 3 is 2.67 bits per heavy atom.